The van der Waals surface area contributed by atoms with Crippen LogP contribution in [0, 0.1) is 0 Å². The predicted molar refractivity (Wildman–Crippen MR) is 105 cm³/mol. The molecule has 0 bridgehead atoms. The zero-order chi connectivity index (χ0) is 18.9. The lowest BCUT2D eigenvalue weighted by molar-refractivity contribution is 0.198. The highest BCUT2D eigenvalue weighted by atomic mass is 16.3. The monoisotopic (exact) mass is 361 g/mol. The largest absolute Gasteiger partial charge is 0.508 e. The maximum atomic E-state index is 9.82. The minimum atomic E-state index is -0.564. The van der Waals surface area contributed by atoms with Crippen molar-refractivity contribution in [3.63, 3.8) is 0 Å². The molecule has 1 heterocycles. The Labute approximate surface area is 159 Å². The summed E-state index contributed by atoms with van der Waals surface area (Å²) in [5, 5.41) is 29.5. The normalized spacial score (nSPS) is 15.1. The maximum absolute atomic E-state index is 9.82. The molecule has 4 nitrogen and oxygen atoms in total. The van der Waals surface area contributed by atoms with Crippen molar-refractivity contribution in [1.29, 1.82) is 0 Å². The summed E-state index contributed by atoms with van der Waals surface area (Å²) in [6.07, 6.45) is 2.24. The van der Waals surface area contributed by atoms with E-state index in [1.54, 1.807) is 36.4 Å². The summed E-state index contributed by atoms with van der Waals surface area (Å²) in [5.74, 6) is 0.682. The molecule has 1 saturated heterocycles. The molecule has 0 spiro atoms. The summed E-state index contributed by atoms with van der Waals surface area (Å²) in [6.45, 7) is 1.89. The summed E-state index contributed by atoms with van der Waals surface area (Å²) >= 11 is 0. The topological polar surface area (TPSA) is 63.9 Å². The van der Waals surface area contributed by atoms with Gasteiger partial charge in [0, 0.05) is 0 Å². The van der Waals surface area contributed by atoms with Crippen LogP contribution in [-0.2, 0) is 5.54 Å². The molecule has 4 heteroatoms. The van der Waals surface area contributed by atoms with E-state index in [0.29, 0.717) is 0 Å². The molecule has 4 rings (SSSR count). The second-order valence-electron chi connectivity index (χ2n) is 7.05. The third kappa shape index (κ3) is 3.02. The smallest absolute Gasteiger partial charge is 0.115 e. The molecule has 0 atom stereocenters. The van der Waals surface area contributed by atoms with Gasteiger partial charge in [0.25, 0.3) is 0 Å². The van der Waals surface area contributed by atoms with Gasteiger partial charge in [0.15, 0.2) is 0 Å². The van der Waals surface area contributed by atoms with Crippen molar-refractivity contribution in [2.24, 2.45) is 0 Å². The number of likely N-dealkylation sites (tertiary alicyclic amines) is 1. The van der Waals surface area contributed by atoms with Crippen LogP contribution < -0.4 is 0 Å². The van der Waals surface area contributed by atoms with Gasteiger partial charge in [-0.2, -0.15) is 0 Å². The first kappa shape index (κ1) is 17.4. The first-order valence-electron chi connectivity index (χ1n) is 9.24. The van der Waals surface area contributed by atoms with Crippen LogP contribution in [0.1, 0.15) is 29.5 Å². The Bertz CT molecular complexity index is 785. The second-order valence-corrected chi connectivity index (χ2v) is 7.05. The maximum Gasteiger partial charge on any atom is 0.115 e. The molecule has 1 aliphatic heterocycles. The summed E-state index contributed by atoms with van der Waals surface area (Å²) in [7, 11) is 0. The number of nitrogens with zero attached hydrogens (tertiary/aromatic N) is 1. The van der Waals surface area contributed by atoms with Crippen molar-refractivity contribution in [3.8, 4) is 17.2 Å². The van der Waals surface area contributed by atoms with Gasteiger partial charge in [-0.25, -0.2) is 0 Å². The van der Waals surface area contributed by atoms with E-state index >= 15 is 0 Å². The molecule has 0 amide bonds. The van der Waals surface area contributed by atoms with E-state index in [1.165, 1.54) is 0 Å². The van der Waals surface area contributed by atoms with Gasteiger partial charge in [-0.15, -0.1) is 0 Å². The van der Waals surface area contributed by atoms with Gasteiger partial charge >= 0.3 is 0 Å². The Balaban J connectivity index is 2.02. The SMILES string of the molecule is Oc1ccc(C(c2ccc(O)cc2)(c2ccc(O)cc2)N2CCCC2)cc1. The average molecular weight is 361 g/mol. The Morgan fingerprint density at radius 2 is 0.815 bits per heavy atom. The fourth-order valence-electron chi connectivity index (χ4n) is 4.21. The van der Waals surface area contributed by atoms with Gasteiger partial charge in [0.2, 0.25) is 0 Å². The minimum Gasteiger partial charge on any atom is -0.508 e. The summed E-state index contributed by atoms with van der Waals surface area (Å²) in [4.78, 5) is 2.44. The quantitative estimate of drug-likeness (QED) is 0.610. The molecular formula is C23H23NO3. The second kappa shape index (κ2) is 6.97. The number of phenols is 3. The Kier molecular flexibility index (Phi) is 4.50. The van der Waals surface area contributed by atoms with Crippen LogP contribution in [0.3, 0.4) is 0 Å². The number of rotatable bonds is 4. The van der Waals surface area contributed by atoms with E-state index in [-0.39, 0.29) is 17.2 Å². The number of benzene rings is 3. The first-order valence-corrected chi connectivity index (χ1v) is 9.24. The van der Waals surface area contributed by atoms with Gasteiger partial charge in [-0.1, -0.05) is 36.4 Å². The highest BCUT2D eigenvalue weighted by Crippen LogP contribution is 2.45. The Hall–Kier alpha value is -2.98. The number of aromatic hydroxyl groups is 3. The number of phenolic OH excluding ortho intramolecular Hbond substituents is 3. The van der Waals surface area contributed by atoms with E-state index in [0.717, 1.165) is 42.6 Å². The first-order chi connectivity index (χ1) is 13.1. The van der Waals surface area contributed by atoms with Crippen molar-refractivity contribution >= 4 is 0 Å². The van der Waals surface area contributed by atoms with Crippen LogP contribution in [0.5, 0.6) is 17.2 Å². The van der Waals surface area contributed by atoms with Crippen molar-refractivity contribution in [1.82, 2.24) is 4.90 Å². The average Bonchev–Trinajstić information content (AvgIpc) is 3.21. The summed E-state index contributed by atoms with van der Waals surface area (Å²) < 4.78 is 0. The standard InChI is InChI=1S/C23H23NO3/c25-20-9-3-17(4-10-20)23(24-15-1-2-16-24,18-5-11-21(26)12-6-18)19-7-13-22(27)14-8-19/h3-14,25-27H,1-2,15-16H2. The van der Waals surface area contributed by atoms with E-state index in [1.807, 2.05) is 36.4 Å². The van der Waals surface area contributed by atoms with E-state index in [2.05, 4.69) is 4.90 Å². The number of hydrogen-bond donors (Lipinski definition) is 3. The molecule has 3 N–H and O–H groups in total. The predicted octanol–water partition coefficient (Wildman–Crippen LogP) is 4.19. The van der Waals surface area contributed by atoms with Gasteiger partial charge in [0.1, 0.15) is 17.2 Å². The fourth-order valence-corrected chi connectivity index (χ4v) is 4.21. The molecule has 138 valence electrons. The van der Waals surface area contributed by atoms with E-state index in [9.17, 15) is 15.3 Å². The molecule has 0 radical (unpaired) electrons. The molecule has 0 unspecified atom stereocenters. The van der Waals surface area contributed by atoms with Crippen molar-refractivity contribution in [2.45, 2.75) is 18.4 Å². The lowest BCUT2D eigenvalue weighted by atomic mass is 9.75. The highest BCUT2D eigenvalue weighted by Gasteiger charge is 2.43. The molecule has 3 aromatic carbocycles. The third-order valence-corrected chi connectivity index (χ3v) is 5.44. The van der Waals surface area contributed by atoms with Crippen LogP contribution >= 0.6 is 0 Å². The lowest BCUT2D eigenvalue weighted by Crippen LogP contribution is -2.46. The van der Waals surface area contributed by atoms with Crippen molar-refractivity contribution in [3.05, 3.63) is 89.5 Å². The van der Waals surface area contributed by atoms with Gasteiger partial charge in [-0.05, 0) is 79.0 Å². The van der Waals surface area contributed by atoms with E-state index in [4.69, 9.17) is 0 Å². The zero-order valence-electron chi connectivity index (χ0n) is 15.0. The highest BCUT2D eigenvalue weighted by molar-refractivity contribution is 5.52. The molecule has 0 aliphatic carbocycles. The minimum absolute atomic E-state index is 0.227. The van der Waals surface area contributed by atoms with Crippen molar-refractivity contribution < 1.29 is 15.3 Å². The van der Waals surface area contributed by atoms with Crippen LogP contribution in [0.15, 0.2) is 72.8 Å². The molecular weight excluding hydrogens is 338 g/mol. The fraction of sp³-hybridized carbons (Fsp3) is 0.217. The summed E-state index contributed by atoms with van der Waals surface area (Å²) in [6, 6.07) is 22.0. The van der Waals surface area contributed by atoms with Crippen LogP contribution in [-0.4, -0.2) is 33.3 Å². The van der Waals surface area contributed by atoms with Crippen molar-refractivity contribution in [2.75, 3.05) is 13.1 Å². The van der Waals surface area contributed by atoms with Gasteiger partial charge in [0.05, 0.1) is 5.54 Å². The molecule has 0 aromatic heterocycles. The summed E-state index contributed by atoms with van der Waals surface area (Å²) in [5.41, 5.74) is 2.56. The molecule has 1 aliphatic rings. The zero-order valence-corrected chi connectivity index (χ0v) is 15.0. The third-order valence-electron chi connectivity index (χ3n) is 5.44. The Morgan fingerprint density at radius 1 is 0.519 bits per heavy atom. The number of hydrogen-bond acceptors (Lipinski definition) is 4. The van der Waals surface area contributed by atoms with E-state index < -0.39 is 5.54 Å². The molecule has 1 fully saturated rings. The van der Waals surface area contributed by atoms with Crippen LogP contribution in [0.2, 0.25) is 0 Å². The Morgan fingerprint density at radius 3 is 1.11 bits per heavy atom. The van der Waals surface area contributed by atoms with Gasteiger partial charge < -0.3 is 15.3 Å². The molecule has 27 heavy (non-hydrogen) atoms. The van der Waals surface area contributed by atoms with Gasteiger partial charge in [-0.3, -0.25) is 4.90 Å². The molecule has 0 saturated carbocycles. The van der Waals surface area contributed by atoms with Crippen LogP contribution in [0.25, 0.3) is 0 Å². The van der Waals surface area contributed by atoms with Crippen LogP contribution in [0.4, 0.5) is 0 Å². The molecule has 3 aromatic rings. The lowest BCUT2D eigenvalue weighted by Gasteiger charge is -2.43.